The summed E-state index contributed by atoms with van der Waals surface area (Å²) in [5.41, 5.74) is 3.23. The minimum absolute atomic E-state index is 0.296. The number of carbonyl (C=O) groups is 1. The first-order chi connectivity index (χ1) is 9.65. The zero-order chi connectivity index (χ0) is 14.1. The third kappa shape index (κ3) is 2.14. The highest BCUT2D eigenvalue weighted by atomic mass is 16.4. The van der Waals surface area contributed by atoms with Crippen LogP contribution in [0.5, 0.6) is 0 Å². The number of fused-ring (bicyclic) bond motifs is 1. The van der Waals surface area contributed by atoms with E-state index in [1.54, 1.807) is 24.5 Å². The van der Waals surface area contributed by atoms with Gasteiger partial charge in [0.25, 0.3) is 0 Å². The lowest BCUT2D eigenvalue weighted by atomic mass is 10.1. The monoisotopic (exact) mass is 267 g/mol. The van der Waals surface area contributed by atoms with Gasteiger partial charge in [0.15, 0.2) is 0 Å². The lowest BCUT2D eigenvalue weighted by molar-refractivity contribution is 0.0697. The second kappa shape index (κ2) is 4.77. The van der Waals surface area contributed by atoms with Gasteiger partial charge in [-0.3, -0.25) is 4.98 Å². The van der Waals surface area contributed by atoms with Crippen LogP contribution in [-0.2, 0) is 6.54 Å². The molecule has 0 saturated carbocycles. The maximum Gasteiger partial charge on any atom is 0.335 e. The van der Waals surface area contributed by atoms with E-state index in [0.717, 1.165) is 22.4 Å². The van der Waals surface area contributed by atoms with Crippen LogP contribution in [0.1, 0.15) is 21.7 Å². The van der Waals surface area contributed by atoms with Gasteiger partial charge in [0.2, 0.25) is 0 Å². The number of carboxylic acid groups (broad SMARTS) is 1. The molecule has 0 unspecified atom stereocenters. The van der Waals surface area contributed by atoms with Crippen LogP contribution in [0.2, 0.25) is 0 Å². The number of aryl methyl sites for hydroxylation is 1. The van der Waals surface area contributed by atoms with Crippen molar-refractivity contribution in [2.45, 2.75) is 13.5 Å². The smallest absolute Gasteiger partial charge is 0.335 e. The number of pyridine rings is 1. The quantitative estimate of drug-likeness (QED) is 0.791. The SMILES string of the molecule is Cc1nc2cnccc2n1Cc1ccc(C(=O)O)cc1. The first-order valence-corrected chi connectivity index (χ1v) is 6.24. The normalized spacial score (nSPS) is 10.8. The lowest BCUT2D eigenvalue weighted by Gasteiger charge is -2.07. The van der Waals surface area contributed by atoms with E-state index in [1.165, 1.54) is 0 Å². The first kappa shape index (κ1) is 12.3. The Morgan fingerprint density at radius 3 is 2.70 bits per heavy atom. The highest BCUT2D eigenvalue weighted by Crippen LogP contribution is 2.16. The van der Waals surface area contributed by atoms with Crippen LogP contribution in [0.15, 0.2) is 42.7 Å². The van der Waals surface area contributed by atoms with Gasteiger partial charge in [0, 0.05) is 12.7 Å². The van der Waals surface area contributed by atoms with Gasteiger partial charge >= 0.3 is 5.97 Å². The molecule has 5 heteroatoms. The molecule has 0 fully saturated rings. The molecule has 0 bridgehead atoms. The zero-order valence-electron chi connectivity index (χ0n) is 10.9. The van der Waals surface area contributed by atoms with Gasteiger partial charge in [-0.25, -0.2) is 9.78 Å². The molecule has 3 aromatic rings. The Morgan fingerprint density at radius 2 is 2.00 bits per heavy atom. The maximum absolute atomic E-state index is 10.8. The van der Waals surface area contributed by atoms with Crippen molar-refractivity contribution in [2.24, 2.45) is 0 Å². The fraction of sp³-hybridized carbons (Fsp3) is 0.133. The molecule has 0 atom stereocenters. The van der Waals surface area contributed by atoms with Gasteiger partial charge in [-0.2, -0.15) is 0 Å². The number of imidazole rings is 1. The molecule has 0 aliphatic rings. The lowest BCUT2D eigenvalue weighted by Crippen LogP contribution is -2.03. The first-order valence-electron chi connectivity index (χ1n) is 6.24. The van der Waals surface area contributed by atoms with Gasteiger partial charge in [-0.15, -0.1) is 0 Å². The van der Waals surface area contributed by atoms with E-state index >= 15 is 0 Å². The molecule has 100 valence electrons. The standard InChI is InChI=1S/C15H13N3O2/c1-10-17-13-8-16-7-6-14(13)18(10)9-11-2-4-12(5-3-11)15(19)20/h2-8H,9H2,1H3,(H,19,20). The van der Waals surface area contributed by atoms with Crippen molar-refractivity contribution in [1.29, 1.82) is 0 Å². The number of hydrogen-bond donors (Lipinski definition) is 1. The van der Waals surface area contributed by atoms with Crippen LogP contribution in [0.3, 0.4) is 0 Å². The van der Waals surface area contributed by atoms with Gasteiger partial charge in [0.1, 0.15) is 11.3 Å². The largest absolute Gasteiger partial charge is 0.478 e. The summed E-state index contributed by atoms with van der Waals surface area (Å²) < 4.78 is 2.09. The molecular formula is C15H13N3O2. The highest BCUT2D eigenvalue weighted by Gasteiger charge is 2.08. The molecule has 0 spiro atoms. The summed E-state index contributed by atoms with van der Waals surface area (Å²) in [6, 6.07) is 8.83. The van der Waals surface area contributed by atoms with E-state index in [9.17, 15) is 4.79 Å². The third-order valence-electron chi connectivity index (χ3n) is 3.28. The summed E-state index contributed by atoms with van der Waals surface area (Å²) in [6.07, 6.45) is 3.49. The molecule has 2 heterocycles. The number of carboxylic acids is 1. The molecule has 1 aromatic carbocycles. The molecular weight excluding hydrogens is 254 g/mol. The molecule has 0 aliphatic carbocycles. The van der Waals surface area contributed by atoms with E-state index in [4.69, 9.17) is 5.11 Å². The third-order valence-corrected chi connectivity index (χ3v) is 3.28. The Hall–Kier alpha value is -2.69. The van der Waals surface area contributed by atoms with Crippen molar-refractivity contribution in [3.05, 3.63) is 59.7 Å². The minimum Gasteiger partial charge on any atom is -0.478 e. The Morgan fingerprint density at radius 1 is 1.25 bits per heavy atom. The predicted octanol–water partition coefficient (Wildman–Crippen LogP) is 2.49. The average molecular weight is 267 g/mol. The highest BCUT2D eigenvalue weighted by molar-refractivity contribution is 5.87. The number of aromatic nitrogens is 3. The Kier molecular flexibility index (Phi) is 2.95. The summed E-state index contributed by atoms with van der Waals surface area (Å²) >= 11 is 0. The molecule has 3 rings (SSSR count). The van der Waals surface area contributed by atoms with Gasteiger partial charge < -0.3 is 9.67 Å². The van der Waals surface area contributed by atoms with E-state index in [-0.39, 0.29) is 0 Å². The topological polar surface area (TPSA) is 68.0 Å². The van der Waals surface area contributed by atoms with E-state index in [1.807, 2.05) is 25.1 Å². The maximum atomic E-state index is 10.8. The van der Waals surface area contributed by atoms with Crippen molar-refractivity contribution < 1.29 is 9.90 Å². The molecule has 1 N–H and O–H groups in total. The number of nitrogens with zero attached hydrogens (tertiary/aromatic N) is 3. The van der Waals surface area contributed by atoms with Crippen molar-refractivity contribution >= 4 is 17.0 Å². The molecule has 0 saturated heterocycles. The Bertz CT molecular complexity index is 775. The van der Waals surface area contributed by atoms with Gasteiger partial charge in [-0.1, -0.05) is 12.1 Å². The van der Waals surface area contributed by atoms with E-state index in [0.29, 0.717) is 12.1 Å². The van der Waals surface area contributed by atoms with Crippen molar-refractivity contribution in [1.82, 2.24) is 14.5 Å². The number of hydrogen-bond acceptors (Lipinski definition) is 3. The molecule has 5 nitrogen and oxygen atoms in total. The Labute approximate surface area is 115 Å². The van der Waals surface area contributed by atoms with Gasteiger partial charge in [0.05, 0.1) is 17.3 Å². The predicted molar refractivity (Wildman–Crippen MR) is 74.8 cm³/mol. The van der Waals surface area contributed by atoms with E-state index in [2.05, 4.69) is 14.5 Å². The summed E-state index contributed by atoms with van der Waals surface area (Å²) in [5.74, 6) is 0.00203. The van der Waals surface area contributed by atoms with Crippen LogP contribution in [0.4, 0.5) is 0 Å². The molecule has 2 aromatic heterocycles. The fourth-order valence-electron chi connectivity index (χ4n) is 2.24. The average Bonchev–Trinajstić information content (AvgIpc) is 2.76. The van der Waals surface area contributed by atoms with Gasteiger partial charge in [-0.05, 0) is 30.7 Å². The summed E-state index contributed by atoms with van der Waals surface area (Å²) in [4.78, 5) is 19.4. The van der Waals surface area contributed by atoms with Crippen LogP contribution < -0.4 is 0 Å². The number of rotatable bonds is 3. The zero-order valence-corrected chi connectivity index (χ0v) is 10.9. The summed E-state index contributed by atoms with van der Waals surface area (Å²) in [6.45, 7) is 2.61. The second-order valence-electron chi connectivity index (χ2n) is 4.61. The molecule has 0 aliphatic heterocycles. The van der Waals surface area contributed by atoms with Crippen molar-refractivity contribution in [3.8, 4) is 0 Å². The van der Waals surface area contributed by atoms with Crippen LogP contribution in [-0.4, -0.2) is 25.6 Å². The molecule has 0 amide bonds. The van der Waals surface area contributed by atoms with Crippen LogP contribution >= 0.6 is 0 Å². The van der Waals surface area contributed by atoms with Crippen molar-refractivity contribution in [2.75, 3.05) is 0 Å². The van der Waals surface area contributed by atoms with Crippen molar-refractivity contribution in [3.63, 3.8) is 0 Å². The number of aromatic carboxylic acids is 1. The van der Waals surface area contributed by atoms with Crippen LogP contribution in [0, 0.1) is 6.92 Å². The Balaban J connectivity index is 1.96. The molecule has 20 heavy (non-hydrogen) atoms. The number of benzene rings is 1. The molecule has 0 radical (unpaired) electrons. The minimum atomic E-state index is -0.910. The second-order valence-corrected chi connectivity index (χ2v) is 4.61. The van der Waals surface area contributed by atoms with E-state index < -0.39 is 5.97 Å². The van der Waals surface area contributed by atoms with Crippen LogP contribution in [0.25, 0.3) is 11.0 Å². The fourth-order valence-corrected chi connectivity index (χ4v) is 2.24. The summed E-state index contributed by atoms with van der Waals surface area (Å²) in [7, 11) is 0. The summed E-state index contributed by atoms with van der Waals surface area (Å²) in [5, 5.41) is 8.90.